The smallest absolute Gasteiger partial charge is 0.332 e. The third-order valence-electron chi connectivity index (χ3n) is 1.38. The van der Waals surface area contributed by atoms with E-state index in [2.05, 4.69) is 6.58 Å². The van der Waals surface area contributed by atoms with Crippen molar-refractivity contribution in [1.82, 2.24) is 0 Å². The van der Waals surface area contributed by atoms with Gasteiger partial charge in [-0.2, -0.15) is 0 Å². The Kier molecular flexibility index (Phi) is 3.76. The monoisotopic (exact) mass is 170 g/mol. The predicted molar refractivity (Wildman–Crippen MR) is 42.8 cm³/mol. The zero-order chi connectivity index (χ0) is 9.72. The molecule has 2 N–H and O–H groups in total. The highest BCUT2D eigenvalue weighted by Crippen LogP contribution is 2.09. The average Bonchev–Trinajstić information content (AvgIpc) is 1.98. The first-order valence-corrected chi connectivity index (χ1v) is 3.28. The molecule has 0 unspecified atom stereocenters. The van der Waals surface area contributed by atoms with Crippen molar-refractivity contribution in [1.29, 1.82) is 0 Å². The van der Waals surface area contributed by atoms with Crippen LogP contribution < -0.4 is 0 Å². The Bertz CT molecular complexity index is 250. The number of rotatable bonds is 4. The molecule has 0 spiro atoms. The van der Waals surface area contributed by atoms with Crippen LogP contribution in [0.3, 0.4) is 0 Å². The third-order valence-corrected chi connectivity index (χ3v) is 1.38. The molecule has 0 aliphatic carbocycles. The van der Waals surface area contributed by atoms with Crippen LogP contribution in [0.1, 0.15) is 13.3 Å². The number of hydrogen-bond acceptors (Lipinski definition) is 2. The molecule has 4 nitrogen and oxygen atoms in total. The lowest BCUT2D eigenvalue weighted by atomic mass is 10.1. The van der Waals surface area contributed by atoms with Crippen LogP contribution in [0.25, 0.3) is 0 Å². The molecule has 0 aliphatic rings. The van der Waals surface area contributed by atoms with E-state index in [-0.39, 0.29) is 17.6 Å². The van der Waals surface area contributed by atoms with Gasteiger partial charge in [-0.15, -0.1) is 6.58 Å². The maximum atomic E-state index is 10.5. The first-order valence-electron chi connectivity index (χ1n) is 3.28. The maximum absolute atomic E-state index is 10.5. The van der Waals surface area contributed by atoms with Crippen molar-refractivity contribution in [3.63, 3.8) is 0 Å². The molecule has 0 fully saturated rings. The summed E-state index contributed by atoms with van der Waals surface area (Å²) in [6.07, 6.45) is 1.42. The lowest BCUT2D eigenvalue weighted by molar-refractivity contribution is -0.135. The highest BCUT2D eigenvalue weighted by Gasteiger charge is 2.13. The van der Waals surface area contributed by atoms with E-state index in [1.54, 1.807) is 0 Å². The summed E-state index contributed by atoms with van der Waals surface area (Å²) in [4.78, 5) is 20.8. The van der Waals surface area contributed by atoms with Crippen LogP contribution in [0.2, 0.25) is 0 Å². The van der Waals surface area contributed by atoms with Crippen molar-refractivity contribution in [3.8, 4) is 0 Å². The van der Waals surface area contributed by atoms with Crippen LogP contribution in [0.5, 0.6) is 0 Å². The quantitative estimate of drug-likeness (QED) is 0.488. The van der Waals surface area contributed by atoms with Gasteiger partial charge in [-0.3, -0.25) is 0 Å². The number of aliphatic carboxylic acids is 2. The third kappa shape index (κ3) is 2.57. The molecular weight excluding hydrogens is 160 g/mol. The standard InChI is InChI=1S/C8H10O4/c1-3-4-6(8(11)12)5(2)7(9)10/h3H,1,4H2,2H3,(H,9,10)(H,11,12). The van der Waals surface area contributed by atoms with Crippen LogP contribution in [0, 0.1) is 0 Å². The largest absolute Gasteiger partial charge is 0.478 e. The molecule has 0 atom stereocenters. The van der Waals surface area contributed by atoms with E-state index in [0.717, 1.165) is 0 Å². The van der Waals surface area contributed by atoms with E-state index < -0.39 is 11.9 Å². The Morgan fingerprint density at radius 2 is 1.83 bits per heavy atom. The Hall–Kier alpha value is -1.58. The summed E-state index contributed by atoms with van der Waals surface area (Å²) in [5.74, 6) is -2.43. The lowest BCUT2D eigenvalue weighted by Crippen LogP contribution is -2.08. The molecule has 0 bridgehead atoms. The van der Waals surface area contributed by atoms with E-state index in [0.29, 0.717) is 0 Å². The van der Waals surface area contributed by atoms with Gasteiger partial charge in [0.2, 0.25) is 0 Å². The van der Waals surface area contributed by atoms with E-state index >= 15 is 0 Å². The fourth-order valence-corrected chi connectivity index (χ4v) is 0.674. The second kappa shape index (κ2) is 4.33. The Labute approximate surface area is 69.8 Å². The summed E-state index contributed by atoms with van der Waals surface area (Å²) < 4.78 is 0. The molecular formula is C8H10O4. The van der Waals surface area contributed by atoms with Crippen LogP contribution in [0.15, 0.2) is 23.8 Å². The second-order valence-corrected chi connectivity index (χ2v) is 2.21. The highest BCUT2D eigenvalue weighted by atomic mass is 16.4. The van der Waals surface area contributed by atoms with E-state index in [1.807, 2.05) is 0 Å². The van der Waals surface area contributed by atoms with Gasteiger partial charge in [0, 0.05) is 5.57 Å². The molecule has 0 radical (unpaired) electrons. The summed E-state index contributed by atoms with van der Waals surface area (Å²) in [5.41, 5.74) is -0.278. The number of allylic oxidation sites excluding steroid dienone is 1. The first kappa shape index (κ1) is 10.4. The van der Waals surface area contributed by atoms with Gasteiger partial charge in [0.1, 0.15) is 0 Å². The summed E-state index contributed by atoms with van der Waals surface area (Å²) in [5, 5.41) is 17.0. The zero-order valence-electron chi connectivity index (χ0n) is 6.70. The number of hydrogen-bond donors (Lipinski definition) is 2. The molecule has 0 heterocycles. The SMILES string of the molecule is C=CCC(C(=O)O)=C(C)C(=O)O. The van der Waals surface area contributed by atoms with Crippen LogP contribution in [-0.2, 0) is 9.59 Å². The zero-order valence-corrected chi connectivity index (χ0v) is 6.70. The van der Waals surface area contributed by atoms with Crippen LogP contribution >= 0.6 is 0 Å². The maximum Gasteiger partial charge on any atom is 0.332 e. The number of carboxylic acids is 2. The van der Waals surface area contributed by atoms with Gasteiger partial charge in [0.15, 0.2) is 0 Å². The molecule has 0 aromatic heterocycles. The van der Waals surface area contributed by atoms with Crippen molar-refractivity contribution in [2.24, 2.45) is 0 Å². The summed E-state index contributed by atoms with van der Waals surface area (Å²) in [6.45, 7) is 4.59. The molecule has 0 rings (SSSR count). The van der Waals surface area contributed by atoms with Gasteiger partial charge in [-0.1, -0.05) is 6.08 Å². The summed E-state index contributed by atoms with van der Waals surface area (Å²) >= 11 is 0. The highest BCUT2D eigenvalue weighted by molar-refractivity contribution is 5.98. The fourth-order valence-electron chi connectivity index (χ4n) is 0.674. The first-order chi connectivity index (χ1) is 5.50. The normalized spacial score (nSPS) is 11.8. The van der Waals surface area contributed by atoms with Crippen molar-refractivity contribution < 1.29 is 19.8 Å². The van der Waals surface area contributed by atoms with E-state index in [9.17, 15) is 9.59 Å². The minimum absolute atomic E-state index is 0.0630. The Morgan fingerprint density at radius 1 is 1.33 bits per heavy atom. The molecule has 0 aliphatic heterocycles. The van der Waals surface area contributed by atoms with Crippen molar-refractivity contribution in [2.45, 2.75) is 13.3 Å². The molecule has 0 aromatic carbocycles. The predicted octanol–water partition coefficient (Wildman–Crippen LogP) is 1.05. The fraction of sp³-hybridized carbons (Fsp3) is 0.250. The second-order valence-electron chi connectivity index (χ2n) is 2.21. The number of carboxylic acid groups (broad SMARTS) is 2. The van der Waals surface area contributed by atoms with Gasteiger partial charge >= 0.3 is 11.9 Å². The molecule has 4 heteroatoms. The minimum atomic E-state index is -1.21. The molecule has 12 heavy (non-hydrogen) atoms. The van der Waals surface area contributed by atoms with Crippen LogP contribution in [-0.4, -0.2) is 22.2 Å². The lowest BCUT2D eigenvalue weighted by Gasteiger charge is -2.00. The molecule has 0 aromatic rings. The van der Waals surface area contributed by atoms with Crippen LogP contribution in [0.4, 0.5) is 0 Å². The topological polar surface area (TPSA) is 74.6 Å². The van der Waals surface area contributed by atoms with Gasteiger partial charge in [0.25, 0.3) is 0 Å². The van der Waals surface area contributed by atoms with E-state index in [4.69, 9.17) is 10.2 Å². The van der Waals surface area contributed by atoms with Crippen molar-refractivity contribution >= 4 is 11.9 Å². The van der Waals surface area contributed by atoms with Crippen molar-refractivity contribution in [3.05, 3.63) is 23.8 Å². The summed E-state index contributed by atoms with van der Waals surface area (Å²) in [6, 6.07) is 0. The van der Waals surface area contributed by atoms with Gasteiger partial charge in [-0.25, -0.2) is 9.59 Å². The number of carbonyl (C=O) groups is 2. The molecule has 0 saturated heterocycles. The minimum Gasteiger partial charge on any atom is -0.478 e. The molecule has 0 amide bonds. The van der Waals surface area contributed by atoms with Gasteiger partial charge < -0.3 is 10.2 Å². The Morgan fingerprint density at radius 3 is 2.08 bits per heavy atom. The van der Waals surface area contributed by atoms with Gasteiger partial charge in [-0.05, 0) is 13.3 Å². The average molecular weight is 170 g/mol. The molecule has 66 valence electrons. The van der Waals surface area contributed by atoms with Crippen molar-refractivity contribution in [2.75, 3.05) is 0 Å². The van der Waals surface area contributed by atoms with E-state index in [1.165, 1.54) is 13.0 Å². The van der Waals surface area contributed by atoms with Gasteiger partial charge in [0.05, 0.1) is 5.57 Å². The Balaban J connectivity index is 4.92. The summed E-state index contributed by atoms with van der Waals surface area (Å²) in [7, 11) is 0. The molecule has 0 saturated carbocycles.